The van der Waals surface area contributed by atoms with Crippen LogP contribution < -0.4 is 10.1 Å². The Balaban J connectivity index is 1.62. The number of ether oxygens (including phenoxy) is 1. The van der Waals surface area contributed by atoms with Gasteiger partial charge in [-0.1, -0.05) is 42.5 Å². The minimum absolute atomic E-state index is 0.164. The van der Waals surface area contributed by atoms with Crippen molar-refractivity contribution in [3.8, 4) is 16.9 Å². The van der Waals surface area contributed by atoms with Gasteiger partial charge in [0.05, 0.1) is 7.11 Å². The van der Waals surface area contributed by atoms with E-state index in [2.05, 4.69) is 35.6 Å². The molecular formula is C19H23NO2. The first-order valence-corrected chi connectivity index (χ1v) is 7.80. The van der Waals surface area contributed by atoms with Crippen molar-refractivity contribution < 1.29 is 9.84 Å². The number of para-hydroxylation sites is 1. The van der Waals surface area contributed by atoms with Crippen molar-refractivity contribution >= 4 is 0 Å². The summed E-state index contributed by atoms with van der Waals surface area (Å²) < 4.78 is 5.42. The Hall–Kier alpha value is -1.84. The molecule has 1 aliphatic carbocycles. The molecule has 0 radical (unpaired) electrons. The first-order chi connectivity index (χ1) is 10.8. The van der Waals surface area contributed by atoms with Gasteiger partial charge in [-0.2, -0.15) is 0 Å². The Morgan fingerprint density at radius 1 is 1.09 bits per heavy atom. The Labute approximate surface area is 131 Å². The molecule has 0 atom stereocenters. The van der Waals surface area contributed by atoms with Gasteiger partial charge in [0.25, 0.3) is 0 Å². The summed E-state index contributed by atoms with van der Waals surface area (Å²) in [6.45, 7) is 2.04. The second kappa shape index (κ2) is 6.51. The lowest BCUT2D eigenvalue weighted by Crippen LogP contribution is -2.26. The van der Waals surface area contributed by atoms with Gasteiger partial charge in [0, 0.05) is 30.7 Å². The zero-order valence-corrected chi connectivity index (χ0v) is 13.0. The van der Waals surface area contributed by atoms with Gasteiger partial charge in [0.2, 0.25) is 0 Å². The Morgan fingerprint density at radius 3 is 2.45 bits per heavy atom. The molecule has 3 nitrogen and oxygen atoms in total. The molecule has 2 aromatic carbocycles. The summed E-state index contributed by atoms with van der Waals surface area (Å²) in [5.41, 5.74) is 3.70. The van der Waals surface area contributed by atoms with Crippen LogP contribution in [0.5, 0.6) is 5.75 Å². The minimum Gasteiger partial charge on any atom is -0.496 e. The van der Waals surface area contributed by atoms with Crippen molar-refractivity contribution in [1.29, 1.82) is 0 Å². The first-order valence-electron chi connectivity index (χ1n) is 7.80. The molecule has 0 saturated heterocycles. The molecule has 1 saturated carbocycles. The van der Waals surface area contributed by atoms with E-state index < -0.39 is 0 Å². The summed E-state index contributed by atoms with van der Waals surface area (Å²) in [6.07, 6.45) is 2.28. The molecule has 22 heavy (non-hydrogen) atoms. The van der Waals surface area contributed by atoms with E-state index in [4.69, 9.17) is 4.74 Å². The minimum atomic E-state index is 0.164. The summed E-state index contributed by atoms with van der Waals surface area (Å²) in [6, 6.07) is 16.6. The lowest BCUT2D eigenvalue weighted by molar-refractivity contribution is 0.207. The molecule has 0 spiro atoms. The molecular weight excluding hydrogens is 274 g/mol. The normalized spacial score (nSPS) is 15.5. The van der Waals surface area contributed by atoms with Crippen LogP contribution in [0.25, 0.3) is 11.1 Å². The van der Waals surface area contributed by atoms with Crippen LogP contribution in [0.3, 0.4) is 0 Å². The van der Waals surface area contributed by atoms with Crippen LogP contribution in [-0.4, -0.2) is 25.4 Å². The standard InChI is InChI=1S/C19H23NO2/c1-22-18-5-3-2-4-17(18)16-8-6-15(7-9-16)12-20-13-19(14-21)10-11-19/h2-9,20-21H,10-14H2,1H3. The second-order valence-corrected chi connectivity index (χ2v) is 6.16. The molecule has 2 aromatic rings. The SMILES string of the molecule is COc1ccccc1-c1ccc(CNCC2(CO)CC2)cc1. The Morgan fingerprint density at radius 2 is 1.82 bits per heavy atom. The lowest BCUT2D eigenvalue weighted by atomic mass is 10.0. The Bertz CT molecular complexity index is 618. The van der Waals surface area contributed by atoms with Crippen LogP contribution in [0.1, 0.15) is 18.4 Å². The maximum absolute atomic E-state index is 9.31. The zero-order valence-electron chi connectivity index (χ0n) is 13.0. The molecule has 3 heteroatoms. The molecule has 1 fully saturated rings. The van der Waals surface area contributed by atoms with Gasteiger partial charge in [-0.25, -0.2) is 0 Å². The summed E-state index contributed by atoms with van der Waals surface area (Å²) in [4.78, 5) is 0. The average Bonchev–Trinajstić information content (AvgIpc) is 3.36. The smallest absolute Gasteiger partial charge is 0.126 e. The summed E-state index contributed by atoms with van der Waals surface area (Å²) in [7, 11) is 1.70. The second-order valence-electron chi connectivity index (χ2n) is 6.16. The number of rotatable bonds is 7. The number of nitrogens with one attached hydrogen (secondary N) is 1. The molecule has 2 N–H and O–H groups in total. The van der Waals surface area contributed by atoms with E-state index in [1.165, 1.54) is 5.56 Å². The molecule has 0 aliphatic heterocycles. The third kappa shape index (κ3) is 3.32. The van der Waals surface area contributed by atoms with E-state index >= 15 is 0 Å². The highest BCUT2D eigenvalue weighted by Crippen LogP contribution is 2.44. The fourth-order valence-corrected chi connectivity index (χ4v) is 2.72. The van der Waals surface area contributed by atoms with Gasteiger partial charge < -0.3 is 15.2 Å². The molecule has 0 amide bonds. The van der Waals surface area contributed by atoms with Crippen LogP contribution in [0.4, 0.5) is 0 Å². The monoisotopic (exact) mass is 297 g/mol. The maximum Gasteiger partial charge on any atom is 0.126 e. The van der Waals surface area contributed by atoms with Gasteiger partial charge in [-0.3, -0.25) is 0 Å². The van der Waals surface area contributed by atoms with Crippen LogP contribution >= 0.6 is 0 Å². The average molecular weight is 297 g/mol. The molecule has 0 bridgehead atoms. The van der Waals surface area contributed by atoms with E-state index in [9.17, 15) is 5.11 Å². The lowest BCUT2D eigenvalue weighted by Gasteiger charge is -2.13. The maximum atomic E-state index is 9.31. The molecule has 3 rings (SSSR count). The van der Waals surface area contributed by atoms with Crippen molar-refractivity contribution in [3.05, 3.63) is 54.1 Å². The third-order valence-electron chi connectivity index (χ3n) is 4.49. The number of benzene rings is 2. The van der Waals surface area contributed by atoms with Gasteiger partial charge >= 0.3 is 0 Å². The highest BCUT2D eigenvalue weighted by atomic mass is 16.5. The number of aliphatic hydroxyl groups excluding tert-OH is 1. The number of hydrogen-bond acceptors (Lipinski definition) is 3. The van der Waals surface area contributed by atoms with Gasteiger partial charge in [-0.15, -0.1) is 0 Å². The topological polar surface area (TPSA) is 41.5 Å². The molecule has 0 aromatic heterocycles. The van der Waals surface area contributed by atoms with Gasteiger partial charge in [0.1, 0.15) is 5.75 Å². The van der Waals surface area contributed by atoms with Crippen LogP contribution in [0.2, 0.25) is 0 Å². The van der Waals surface area contributed by atoms with E-state index in [0.29, 0.717) is 6.61 Å². The van der Waals surface area contributed by atoms with Crippen LogP contribution in [-0.2, 0) is 6.54 Å². The molecule has 0 heterocycles. The molecule has 1 aliphatic rings. The predicted octanol–water partition coefficient (Wildman–Crippen LogP) is 3.22. The summed E-state index contributed by atoms with van der Waals surface area (Å²) in [5.74, 6) is 0.895. The summed E-state index contributed by atoms with van der Waals surface area (Å²) >= 11 is 0. The van der Waals surface area contributed by atoms with Crippen molar-refractivity contribution in [1.82, 2.24) is 5.32 Å². The zero-order chi connectivity index (χ0) is 15.4. The van der Waals surface area contributed by atoms with Crippen molar-refractivity contribution in [2.75, 3.05) is 20.3 Å². The van der Waals surface area contributed by atoms with E-state index in [1.54, 1.807) is 7.11 Å². The predicted molar refractivity (Wildman–Crippen MR) is 88.9 cm³/mol. The number of hydrogen-bond donors (Lipinski definition) is 2. The number of methoxy groups -OCH3 is 1. The molecule has 0 unspecified atom stereocenters. The highest BCUT2D eigenvalue weighted by molar-refractivity contribution is 5.70. The summed E-state index contributed by atoms with van der Waals surface area (Å²) in [5, 5.41) is 12.8. The third-order valence-corrected chi connectivity index (χ3v) is 4.49. The van der Waals surface area contributed by atoms with Gasteiger partial charge in [0.15, 0.2) is 0 Å². The Kier molecular flexibility index (Phi) is 4.46. The van der Waals surface area contributed by atoms with E-state index in [1.807, 2.05) is 18.2 Å². The van der Waals surface area contributed by atoms with Gasteiger partial charge in [-0.05, 0) is 30.0 Å². The number of aliphatic hydroxyl groups is 1. The van der Waals surface area contributed by atoms with E-state index in [0.717, 1.165) is 42.8 Å². The van der Waals surface area contributed by atoms with Crippen molar-refractivity contribution in [2.45, 2.75) is 19.4 Å². The molecule has 116 valence electrons. The van der Waals surface area contributed by atoms with Crippen molar-refractivity contribution in [2.24, 2.45) is 5.41 Å². The van der Waals surface area contributed by atoms with E-state index in [-0.39, 0.29) is 5.41 Å². The highest BCUT2D eigenvalue weighted by Gasteiger charge is 2.41. The van der Waals surface area contributed by atoms with Crippen LogP contribution in [0.15, 0.2) is 48.5 Å². The fourth-order valence-electron chi connectivity index (χ4n) is 2.72. The quantitative estimate of drug-likeness (QED) is 0.824. The largest absolute Gasteiger partial charge is 0.496 e. The van der Waals surface area contributed by atoms with Crippen molar-refractivity contribution in [3.63, 3.8) is 0 Å². The van der Waals surface area contributed by atoms with Crippen LogP contribution in [0, 0.1) is 5.41 Å². The fraction of sp³-hybridized carbons (Fsp3) is 0.368. The first kappa shape index (κ1) is 15.1.